The van der Waals surface area contributed by atoms with Gasteiger partial charge in [0.05, 0.1) is 18.5 Å². The largest absolute Gasteiger partial charge is 0.393 e. The van der Waals surface area contributed by atoms with Gasteiger partial charge in [-0.2, -0.15) is 0 Å². The molecule has 1 fully saturated rings. The minimum Gasteiger partial charge on any atom is -0.393 e. The standard InChI is InChI=1S/C18H21F2N3O2/c19-13-3-4-15(16(20)10-13)18(12-8-14(24)9-12)22-17(25)2-1-6-23-7-5-21-11-23/h3-5,7,10-12,14,18,24H,1-2,6,8-9H2,(H,22,25)/t12?,14?,18-/m1/s1. The molecular weight excluding hydrogens is 328 g/mol. The highest BCUT2D eigenvalue weighted by molar-refractivity contribution is 5.76. The maximum atomic E-state index is 14.1. The van der Waals surface area contributed by atoms with Crippen molar-refractivity contribution in [3.05, 3.63) is 54.1 Å². The number of hydrogen-bond donors (Lipinski definition) is 2. The first-order chi connectivity index (χ1) is 12.0. The fourth-order valence-corrected chi connectivity index (χ4v) is 3.19. The van der Waals surface area contributed by atoms with Gasteiger partial charge in [-0.15, -0.1) is 0 Å². The normalized spacial score (nSPS) is 20.8. The molecule has 2 N–H and O–H groups in total. The maximum absolute atomic E-state index is 14.1. The summed E-state index contributed by atoms with van der Waals surface area (Å²) >= 11 is 0. The molecule has 3 rings (SSSR count). The number of aryl methyl sites for hydroxylation is 1. The number of aliphatic hydroxyl groups excluding tert-OH is 1. The monoisotopic (exact) mass is 349 g/mol. The number of hydrogen-bond acceptors (Lipinski definition) is 3. The zero-order valence-electron chi connectivity index (χ0n) is 13.7. The van der Waals surface area contributed by atoms with Gasteiger partial charge in [0.15, 0.2) is 0 Å². The molecule has 1 aromatic heterocycles. The Balaban J connectivity index is 1.62. The van der Waals surface area contributed by atoms with Crippen LogP contribution in [0.2, 0.25) is 0 Å². The molecule has 1 atom stereocenters. The Morgan fingerprint density at radius 1 is 1.40 bits per heavy atom. The van der Waals surface area contributed by atoms with Gasteiger partial charge in [-0.3, -0.25) is 4.79 Å². The summed E-state index contributed by atoms with van der Waals surface area (Å²) in [6.07, 6.45) is 6.69. The van der Waals surface area contributed by atoms with Gasteiger partial charge >= 0.3 is 0 Å². The summed E-state index contributed by atoms with van der Waals surface area (Å²) in [4.78, 5) is 16.2. The lowest BCUT2D eigenvalue weighted by Crippen LogP contribution is -2.41. The average molecular weight is 349 g/mol. The number of aromatic nitrogens is 2. The molecule has 1 aliphatic carbocycles. The number of imidazole rings is 1. The van der Waals surface area contributed by atoms with E-state index in [1.165, 1.54) is 12.1 Å². The second kappa shape index (κ2) is 7.74. The van der Waals surface area contributed by atoms with E-state index in [0.29, 0.717) is 32.2 Å². The number of nitrogens with one attached hydrogen (secondary N) is 1. The van der Waals surface area contributed by atoms with E-state index in [1.54, 1.807) is 12.5 Å². The molecule has 134 valence electrons. The van der Waals surface area contributed by atoms with E-state index in [4.69, 9.17) is 0 Å². The summed E-state index contributed by atoms with van der Waals surface area (Å²) in [5.41, 5.74) is 0.265. The lowest BCUT2D eigenvalue weighted by Gasteiger charge is -2.38. The van der Waals surface area contributed by atoms with Crippen LogP contribution < -0.4 is 5.32 Å². The number of carbonyl (C=O) groups excluding carboxylic acids is 1. The zero-order valence-corrected chi connectivity index (χ0v) is 13.7. The van der Waals surface area contributed by atoms with Crippen molar-refractivity contribution in [2.24, 2.45) is 5.92 Å². The molecule has 5 nitrogen and oxygen atoms in total. The number of rotatable bonds is 7. The van der Waals surface area contributed by atoms with Crippen molar-refractivity contribution in [2.45, 2.75) is 44.4 Å². The van der Waals surface area contributed by atoms with Crippen LogP contribution in [-0.4, -0.2) is 26.7 Å². The third kappa shape index (κ3) is 4.42. The second-order valence-electron chi connectivity index (χ2n) is 6.50. The first kappa shape index (κ1) is 17.5. The van der Waals surface area contributed by atoms with Gasteiger partial charge in [0.25, 0.3) is 0 Å². The summed E-state index contributed by atoms with van der Waals surface area (Å²) in [5.74, 6) is -1.56. The summed E-state index contributed by atoms with van der Waals surface area (Å²) in [6.45, 7) is 0.672. The van der Waals surface area contributed by atoms with Crippen LogP contribution >= 0.6 is 0 Å². The summed E-state index contributed by atoms with van der Waals surface area (Å²) in [6, 6.07) is 2.82. The highest BCUT2D eigenvalue weighted by atomic mass is 19.1. The first-order valence-corrected chi connectivity index (χ1v) is 8.41. The molecule has 0 radical (unpaired) electrons. The Morgan fingerprint density at radius 3 is 2.84 bits per heavy atom. The lowest BCUT2D eigenvalue weighted by atomic mass is 9.75. The van der Waals surface area contributed by atoms with Crippen LogP contribution in [0.1, 0.15) is 37.3 Å². The van der Waals surface area contributed by atoms with Gasteiger partial charge in [0.2, 0.25) is 5.91 Å². The van der Waals surface area contributed by atoms with Crippen molar-refractivity contribution >= 4 is 5.91 Å². The van der Waals surface area contributed by atoms with Crippen molar-refractivity contribution in [3.8, 4) is 0 Å². The number of carbonyl (C=O) groups is 1. The topological polar surface area (TPSA) is 67.2 Å². The molecule has 7 heteroatoms. The van der Waals surface area contributed by atoms with Gasteiger partial charge in [-0.1, -0.05) is 6.07 Å². The number of amides is 1. The van der Waals surface area contributed by atoms with Crippen molar-refractivity contribution in [2.75, 3.05) is 0 Å². The fourth-order valence-electron chi connectivity index (χ4n) is 3.19. The molecule has 0 unspecified atom stereocenters. The molecular formula is C18H21F2N3O2. The van der Waals surface area contributed by atoms with Crippen LogP contribution in [0.5, 0.6) is 0 Å². The minimum atomic E-state index is -0.676. The van der Waals surface area contributed by atoms with Crippen molar-refractivity contribution < 1.29 is 18.7 Å². The molecule has 1 aromatic carbocycles. The smallest absolute Gasteiger partial charge is 0.220 e. The Bertz CT molecular complexity index is 715. The molecule has 0 saturated heterocycles. The fraction of sp³-hybridized carbons (Fsp3) is 0.444. The SMILES string of the molecule is O=C(CCCn1ccnc1)N[C@@H](c1ccc(F)cc1F)C1CC(O)C1. The predicted octanol–water partition coefficient (Wildman–Crippen LogP) is 2.57. The zero-order chi connectivity index (χ0) is 17.8. The molecule has 1 saturated carbocycles. The maximum Gasteiger partial charge on any atom is 0.220 e. The van der Waals surface area contributed by atoms with Crippen molar-refractivity contribution in [3.63, 3.8) is 0 Å². The Hall–Kier alpha value is -2.28. The number of benzene rings is 1. The van der Waals surface area contributed by atoms with Gasteiger partial charge in [-0.25, -0.2) is 13.8 Å². The Labute approximate surface area is 144 Å². The molecule has 0 bridgehead atoms. The molecule has 1 aliphatic rings. The van der Waals surface area contributed by atoms with Crippen LogP contribution in [-0.2, 0) is 11.3 Å². The van der Waals surface area contributed by atoms with Crippen molar-refractivity contribution in [1.82, 2.24) is 14.9 Å². The van der Waals surface area contributed by atoms with Crippen molar-refractivity contribution in [1.29, 1.82) is 0 Å². The van der Waals surface area contributed by atoms with E-state index in [0.717, 1.165) is 6.07 Å². The number of nitrogens with zero attached hydrogens (tertiary/aromatic N) is 2. The molecule has 2 aromatic rings. The van der Waals surface area contributed by atoms with E-state index in [1.807, 2.05) is 10.8 Å². The van der Waals surface area contributed by atoms with E-state index in [-0.39, 0.29) is 17.4 Å². The lowest BCUT2D eigenvalue weighted by molar-refractivity contribution is -0.123. The van der Waals surface area contributed by atoms with Crippen LogP contribution in [0.3, 0.4) is 0 Å². The van der Waals surface area contributed by atoms with Gasteiger partial charge in [0, 0.05) is 37.0 Å². The summed E-state index contributed by atoms with van der Waals surface area (Å²) < 4.78 is 29.2. The Kier molecular flexibility index (Phi) is 5.43. The minimum absolute atomic E-state index is 0.0486. The van der Waals surface area contributed by atoms with E-state index < -0.39 is 23.8 Å². The van der Waals surface area contributed by atoms with Crippen LogP contribution in [0.4, 0.5) is 8.78 Å². The highest BCUT2D eigenvalue weighted by Crippen LogP contribution is 2.39. The van der Waals surface area contributed by atoms with Gasteiger partial charge in [-0.05, 0) is 31.2 Å². The van der Waals surface area contributed by atoms with Gasteiger partial charge in [0.1, 0.15) is 11.6 Å². The van der Waals surface area contributed by atoms with E-state index >= 15 is 0 Å². The molecule has 1 amide bonds. The van der Waals surface area contributed by atoms with Crippen LogP contribution in [0.25, 0.3) is 0 Å². The second-order valence-corrected chi connectivity index (χ2v) is 6.50. The quantitative estimate of drug-likeness (QED) is 0.807. The average Bonchev–Trinajstić information content (AvgIpc) is 3.04. The number of halogens is 2. The van der Waals surface area contributed by atoms with Crippen LogP contribution in [0, 0.1) is 17.6 Å². The summed E-state index contributed by atoms with van der Waals surface area (Å²) in [7, 11) is 0. The summed E-state index contributed by atoms with van der Waals surface area (Å²) in [5, 5.41) is 12.4. The molecule has 0 aliphatic heterocycles. The number of aliphatic hydroxyl groups is 1. The molecule has 25 heavy (non-hydrogen) atoms. The highest BCUT2D eigenvalue weighted by Gasteiger charge is 2.36. The predicted molar refractivity (Wildman–Crippen MR) is 87.4 cm³/mol. The third-order valence-electron chi connectivity index (χ3n) is 4.61. The first-order valence-electron chi connectivity index (χ1n) is 8.41. The molecule has 1 heterocycles. The third-order valence-corrected chi connectivity index (χ3v) is 4.61. The Morgan fingerprint density at radius 2 is 2.20 bits per heavy atom. The van der Waals surface area contributed by atoms with Gasteiger partial charge < -0.3 is 15.0 Å². The van der Waals surface area contributed by atoms with Crippen LogP contribution in [0.15, 0.2) is 36.9 Å². The van der Waals surface area contributed by atoms with E-state index in [9.17, 15) is 18.7 Å². The van der Waals surface area contributed by atoms with E-state index in [2.05, 4.69) is 10.3 Å². The molecule has 0 spiro atoms.